The number of rotatable bonds is 2. The van der Waals surface area contributed by atoms with Crippen LogP contribution in [0.15, 0.2) is 24.3 Å². The number of piperazine rings is 1. The third-order valence-electron chi connectivity index (χ3n) is 6.03. The third kappa shape index (κ3) is 3.35. The number of benzene rings is 1. The Labute approximate surface area is 144 Å². The molecule has 0 radical (unpaired) electrons. The van der Waals surface area contributed by atoms with Gasteiger partial charge in [-0.2, -0.15) is 0 Å². The van der Waals surface area contributed by atoms with Gasteiger partial charge in [0, 0.05) is 51.4 Å². The Kier molecular flexibility index (Phi) is 4.86. The van der Waals surface area contributed by atoms with Gasteiger partial charge >= 0.3 is 0 Å². The van der Waals surface area contributed by atoms with E-state index in [4.69, 9.17) is 4.74 Å². The van der Waals surface area contributed by atoms with Crippen LogP contribution in [0.25, 0.3) is 0 Å². The zero-order valence-electron chi connectivity index (χ0n) is 14.5. The fourth-order valence-electron chi connectivity index (χ4n) is 4.50. The molecule has 2 saturated heterocycles. The Balaban J connectivity index is 1.31. The quantitative estimate of drug-likeness (QED) is 0.834. The molecule has 0 unspecified atom stereocenters. The molecule has 1 aromatic rings. The van der Waals surface area contributed by atoms with Crippen molar-refractivity contribution in [2.45, 2.75) is 38.1 Å². The van der Waals surface area contributed by atoms with E-state index in [1.54, 1.807) is 0 Å². The van der Waals surface area contributed by atoms with Gasteiger partial charge in [-0.3, -0.25) is 9.69 Å². The van der Waals surface area contributed by atoms with Crippen LogP contribution in [0.2, 0.25) is 0 Å². The zero-order valence-corrected chi connectivity index (χ0v) is 14.5. The minimum absolute atomic E-state index is 0.201. The predicted octanol–water partition coefficient (Wildman–Crippen LogP) is 2.11. The average Bonchev–Trinajstić information content (AvgIpc) is 2.68. The summed E-state index contributed by atoms with van der Waals surface area (Å²) in [6.07, 6.45) is 5.42. The van der Waals surface area contributed by atoms with Crippen LogP contribution in [-0.4, -0.2) is 61.1 Å². The van der Waals surface area contributed by atoms with Gasteiger partial charge in [0.05, 0.1) is 0 Å². The molecule has 24 heavy (non-hydrogen) atoms. The summed E-state index contributed by atoms with van der Waals surface area (Å²) in [5.41, 5.74) is 3.05. The average molecular weight is 328 g/mol. The molecule has 130 valence electrons. The summed E-state index contributed by atoms with van der Waals surface area (Å²) in [5.74, 6) is 0.568. The van der Waals surface area contributed by atoms with Crippen LogP contribution in [0.3, 0.4) is 0 Å². The molecular formula is C20H28N2O2. The molecule has 0 spiro atoms. The molecule has 1 aliphatic carbocycles. The second kappa shape index (κ2) is 7.24. The van der Waals surface area contributed by atoms with Gasteiger partial charge in [0.15, 0.2) is 0 Å². The standard InChI is InChI=1S/C20H28N2O2/c23-20(17-7-13-24-14-8-17)22-11-9-21(10-12-22)19-6-5-16-3-1-2-4-18(16)15-19/h1-4,17,19H,5-15H2/t19-/m0/s1. The molecule has 0 N–H and O–H groups in total. The lowest BCUT2D eigenvalue weighted by Gasteiger charge is -2.42. The molecule has 3 aliphatic rings. The Morgan fingerprint density at radius 1 is 0.958 bits per heavy atom. The van der Waals surface area contributed by atoms with Crippen molar-refractivity contribution in [2.75, 3.05) is 39.4 Å². The normalized spacial score (nSPS) is 26.2. The number of carbonyl (C=O) groups excluding carboxylic acids is 1. The summed E-state index contributed by atoms with van der Waals surface area (Å²) in [6, 6.07) is 9.52. The first-order chi connectivity index (χ1) is 11.8. The predicted molar refractivity (Wildman–Crippen MR) is 94.0 cm³/mol. The molecule has 1 aromatic carbocycles. The van der Waals surface area contributed by atoms with Crippen molar-refractivity contribution in [3.63, 3.8) is 0 Å². The Hall–Kier alpha value is -1.39. The summed E-state index contributed by atoms with van der Waals surface area (Å²) in [4.78, 5) is 17.4. The topological polar surface area (TPSA) is 32.8 Å². The molecule has 0 saturated carbocycles. The number of amides is 1. The highest BCUT2D eigenvalue weighted by atomic mass is 16.5. The van der Waals surface area contributed by atoms with Crippen molar-refractivity contribution in [1.29, 1.82) is 0 Å². The van der Waals surface area contributed by atoms with E-state index in [0.717, 1.165) is 52.2 Å². The largest absolute Gasteiger partial charge is 0.381 e. The van der Waals surface area contributed by atoms with Gasteiger partial charge in [0.25, 0.3) is 0 Å². The first-order valence-electron chi connectivity index (χ1n) is 9.48. The second-order valence-corrected chi connectivity index (χ2v) is 7.41. The maximum Gasteiger partial charge on any atom is 0.225 e. The van der Waals surface area contributed by atoms with Crippen LogP contribution in [-0.2, 0) is 22.4 Å². The number of nitrogens with zero attached hydrogens (tertiary/aromatic N) is 2. The lowest BCUT2D eigenvalue weighted by Crippen LogP contribution is -2.54. The summed E-state index contributed by atoms with van der Waals surface area (Å²) >= 11 is 0. The summed E-state index contributed by atoms with van der Waals surface area (Å²) in [6.45, 7) is 5.35. The number of carbonyl (C=O) groups is 1. The van der Waals surface area contributed by atoms with Crippen LogP contribution >= 0.6 is 0 Å². The fourth-order valence-corrected chi connectivity index (χ4v) is 4.50. The summed E-state index contributed by atoms with van der Waals surface area (Å²) < 4.78 is 5.38. The number of aryl methyl sites for hydroxylation is 1. The zero-order chi connectivity index (χ0) is 16.4. The van der Waals surface area contributed by atoms with Crippen molar-refractivity contribution >= 4 is 5.91 Å². The molecule has 2 fully saturated rings. The van der Waals surface area contributed by atoms with E-state index in [9.17, 15) is 4.79 Å². The van der Waals surface area contributed by atoms with Gasteiger partial charge in [-0.05, 0) is 43.2 Å². The van der Waals surface area contributed by atoms with E-state index >= 15 is 0 Å². The lowest BCUT2D eigenvalue weighted by atomic mass is 9.87. The highest BCUT2D eigenvalue weighted by Gasteiger charge is 2.31. The SMILES string of the molecule is O=C(C1CCOCC1)N1CCN([C@H]2CCc3ccccc3C2)CC1. The van der Waals surface area contributed by atoms with Crippen molar-refractivity contribution in [3.05, 3.63) is 35.4 Å². The third-order valence-corrected chi connectivity index (χ3v) is 6.03. The highest BCUT2D eigenvalue weighted by Crippen LogP contribution is 2.26. The molecule has 1 amide bonds. The molecule has 2 heterocycles. The van der Waals surface area contributed by atoms with Crippen LogP contribution in [0.1, 0.15) is 30.4 Å². The fraction of sp³-hybridized carbons (Fsp3) is 0.650. The van der Waals surface area contributed by atoms with E-state index in [-0.39, 0.29) is 5.92 Å². The maximum absolute atomic E-state index is 12.7. The number of ether oxygens (including phenoxy) is 1. The minimum Gasteiger partial charge on any atom is -0.381 e. The van der Waals surface area contributed by atoms with E-state index in [1.165, 1.54) is 30.4 Å². The van der Waals surface area contributed by atoms with Crippen molar-refractivity contribution in [1.82, 2.24) is 9.80 Å². The lowest BCUT2D eigenvalue weighted by molar-refractivity contribution is -0.140. The Morgan fingerprint density at radius 3 is 2.42 bits per heavy atom. The van der Waals surface area contributed by atoms with Crippen LogP contribution in [0.5, 0.6) is 0 Å². The molecule has 0 bridgehead atoms. The van der Waals surface area contributed by atoms with Crippen molar-refractivity contribution < 1.29 is 9.53 Å². The molecule has 0 aromatic heterocycles. The van der Waals surface area contributed by atoms with E-state index in [2.05, 4.69) is 34.1 Å². The van der Waals surface area contributed by atoms with E-state index in [0.29, 0.717) is 11.9 Å². The van der Waals surface area contributed by atoms with Gasteiger partial charge < -0.3 is 9.64 Å². The molecule has 4 heteroatoms. The van der Waals surface area contributed by atoms with Gasteiger partial charge in [-0.1, -0.05) is 24.3 Å². The van der Waals surface area contributed by atoms with Gasteiger partial charge in [-0.15, -0.1) is 0 Å². The van der Waals surface area contributed by atoms with Gasteiger partial charge in [0.2, 0.25) is 5.91 Å². The number of fused-ring (bicyclic) bond motifs is 1. The minimum atomic E-state index is 0.201. The van der Waals surface area contributed by atoms with Gasteiger partial charge in [0.1, 0.15) is 0 Å². The van der Waals surface area contributed by atoms with E-state index in [1.807, 2.05) is 0 Å². The summed E-state index contributed by atoms with van der Waals surface area (Å²) in [5, 5.41) is 0. The maximum atomic E-state index is 12.7. The van der Waals surface area contributed by atoms with Crippen molar-refractivity contribution in [3.8, 4) is 0 Å². The molecule has 4 rings (SSSR count). The molecular weight excluding hydrogens is 300 g/mol. The van der Waals surface area contributed by atoms with Gasteiger partial charge in [-0.25, -0.2) is 0 Å². The highest BCUT2D eigenvalue weighted by molar-refractivity contribution is 5.79. The smallest absolute Gasteiger partial charge is 0.225 e. The summed E-state index contributed by atoms with van der Waals surface area (Å²) in [7, 11) is 0. The Morgan fingerprint density at radius 2 is 1.67 bits per heavy atom. The molecule has 1 atom stereocenters. The number of hydrogen-bond acceptors (Lipinski definition) is 3. The first-order valence-corrected chi connectivity index (χ1v) is 9.48. The number of hydrogen-bond donors (Lipinski definition) is 0. The Bertz CT molecular complexity index is 575. The van der Waals surface area contributed by atoms with Crippen LogP contribution in [0.4, 0.5) is 0 Å². The van der Waals surface area contributed by atoms with E-state index < -0.39 is 0 Å². The van der Waals surface area contributed by atoms with Crippen LogP contribution < -0.4 is 0 Å². The molecule has 4 nitrogen and oxygen atoms in total. The first kappa shape index (κ1) is 16.1. The second-order valence-electron chi connectivity index (χ2n) is 7.41. The monoisotopic (exact) mass is 328 g/mol. The van der Waals surface area contributed by atoms with Crippen LogP contribution in [0, 0.1) is 5.92 Å². The molecule has 2 aliphatic heterocycles. The van der Waals surface area contributed by atoms with Crippen molar-refractivity contribution in [2.24, 2.45) is 5.92 Å².